The zero-order chi connectivity index (χ0) is 14.4. The quantitative estimate of drug-likeness (QED) is 0.726. The third-order valence-electron chi connectivity index (χ3n) is 3.05. The Morgan fingerprint density at radius 2 is 2.05 bits per heavy atom. The number of hydrogen-bond acceptors (Lipinski definition) is 5. The molecule has 1 aromatic rings. The summed E-state index contributed by atoms with van der Waals surface area (Å²) >= 11 is 0. The van der Waals surface area contributed by atoms with Gasteiger partial charge in [0, 0.05) is 18.5 Å². The molecule has 0 saturated heterocycles. The van der Waals surface area contributed by atoms with Crippen molar-refractivity contribution in [2.75, 3.05) is 20.2 Å². The lowest BCUT2D eigenvalue weighted by Gasteiger charge is -2.19. The number of amides is 1. The Bertz CT molecular complexity index is 434. The van der Waals surface area contributed by atoms with E-state index in [0.29, 0.717) is 19.4 Å². The number of nitrogens with zero attached hydrogens (tertiary/aromatic N) is 2. The van der Waals surface area contributed by atoms with E-state index in [1.54, 1.807) is 0 Å². The second-order valence-electron chi connectivity index (χ2n) is 4.29. The van der Waals surface area contributed by atoms with Crippen molar-refractivity contribution in [3.05, 3.63) is 17.0 Å². The molecule has 1 amide bonds. The number of carbonyl (C=O) groups excluding carboxylic acids is 2. The van der Waals surface area contributed by atoms with Crippen LogP contribution in [-0.4, -0.2) is 42.1 Å². The van der Waals surface area contributed by atoms with Crippen LogP contribution in [0.4, 0.5) is 0 Å². The maximum absolute atomic E-state index is 12.0. The van der Waals surface area contributed by atoms with Crippen LogP contribution in [0.1, 0.15) is 30.4 Å². The molecule has 19 heavy (non-hydrogen) atoms. The van der Waals surface area contributed by atoms with Crippen LogP contribution in [0, 0.1) is 13.8 Å². The van der Waals surface area contributed by atoms with Gasteiger partial charge in [-0.15, -0.1) is 0 Å². The summed E-state index contributed by atoms with van der Waals surface area (Å²) in [5, 5.41) is 3.85. The molecule has 1 rings (SSSR count). The molecular formula is C13H20N2O4. The van der Waals surface area contributed by atoms with Gasteiger partial charge in [0.2, 0.25) is 5.91 Å². The third-order valence-corrected chi connectivity index (χ3v) is 3.05. The monoisotopic (exact) mass is 268 g/mol. The average molecular weight is 268 g/mol. The van der Waals surface area contributed by atoms with Gasteiger partial charge in [-0.1, -0.05) is 5.16 Å². The van der Waals surface area contributed by atoms with Crippen LogP contribution in [0.5, 0.6) is 0 Å². The number of esters is 1. The van der Waals surface area contributed by atoms with Crippen LogP contribution in [0.3, 0.4) is 0 Å². The SMILES string of the molecule is CCN(CC(=O)OC)C(=O)CCc1c(C)noc1C. The first kappa shape index (κ1) is 15.2. The van der Waals surface area contributed by atoms with Gasteiger partial charge in [0.15, 0.2) is 0 Å². The first-order valence-electron chi connectivity index (χ1n) is 6.25. The largest absolute Gasteiger partial charge is 0.468 e. The van der Waals surface area contributed by atoms with E-state index in [2.05, 4.69) is 9.89 Å². The Balaban J connectivity index is 2.56. The standard InChI is InChI=1S/C13H20N2O4/c1-5-15(8-13(17)18-4)12(16)7-6-11-9(2)14-19-10(11)3/h5-8H2,1-4H3. The maximum atomic E-state index is 12.0. The number of ether oxygens (including phenoxy) is 1. The minimum atomic E-state index is -0.410. The van der Waals surface area contributed by atoms with Crippen molar-refractivity contribution in [1.82, 2.24) is 10.1 Å². The molecule has 0 aromatic carbocycles. The molecule has 0 spiro atoms. The minimum absolute atomic E-state index is 0.00651. The number of methoxy groups -OCH3 is 1. The highest BCUT2D eigenvalue weighted by molar-refractivity contribution is 5.82. The highest BCUT2D eigenvalue weighted by atomic mass is 16.5. The molecule has 0 aliphatic heterocycles. The zero-order valence-corrected chi connectivity index (χ0v) is 11.9. The zero-order valence-electron chi connectivity index (χ0n) is 11.9. The van der Waals surface area contributed by atoms with Gasteiger partial charge < -0.3 is 14.2 Å². The highest BCUT2D eigenvalue weighted by Gasteiger charge is 2.17. The third kappa shape index (κ3) is 4.08. The molecule has 0 radical (unpaired) electrons. The van der Waals surface area contributed by atoms with E-state index >= 15 is 0 Å². The smallest absolute Gasteiger partial charge is 0.325 e. The van der Waals surface area contributed by atoms with Crippen LogP contribution in [0.25, 0.3) is 0 Å². The average Bonchev–Trinajstić information content (AvgIpc) is 2.72. The molecule has 0 fully saturated rings. The van der Waals surface area contributed by atoms with Gasteiger partial charge >= 0.3 is 5.97 Å². The maximum Gasteiger partial charge on any atom is 0.325 e. The molecule has 0 aliphatic rings. The number of rotatable bonds is 6. The Morgan fingerprint density at radius 1 is 1.37 bits per heavy atom. The number of aromatic nitrogens is 1. The predicted molar refractivity (Wildman–Crippen MR) is 68.6 cm³/mol. The molecular weight excluding hydrogens is 248 g/mol. The molecule has 1 heterocycles. The number of hydrogen-bond donors (Lipinski definition) is 0. The van der Waals surface area contributed by atoms with Gasteiger partial charge in [0.1, 0.15) is 12.3 Å². The van der Waals surface area contributed by atoms with Crippen LogP contribution in [0.15, 0.2) is 4.52 Å². The highest BCUT2D eigenvalue weighted by Crippen LogP contribution is 2.14. The van der Waals surface area contributed by atoms with Crippen molar-refractivity contribution in [3.8, 4) is 0 Å². The fourth-order valence-electron chi connectivity index (χ4n) is 1.85. The fraction of sp³-hybridized carbons (Fsp3) is 0.615. The molecule has 0 N–H and O–H groups in total. The molecule has 0 aliphatic carbocycles. The van der Waals surface area contributed by atoms with Crippen LogP contribution < -0.4 is 0 Å². The molecule has 6 heteroatoms. The van der Waals surface area contributed by atoms with Gasteiger partial charge in [0.05, 0.1) is 12.8 Å². The van der Waals surface area contributed by atoms with Crippen molar-refractivity contribution in [2.24, 2.45) is 0 Å². The van der Waals surface area contributed by atoms with Gasteiger partial charge in [-0.05, 0) is 27.2 Å². The number of likely N-dealkylation sites (N-methyl/N-ethyl adjacent to an activating group) is 1. The van der Waals surface area contributed by atoms with Crippen LogP contribution in [0.2, 0.25) is 0 Å². The topological polar surface area (TPSA) is 72.6 Å². The normalized spacial score (nSPS) is 10.3. The van der Waals surface area contributed by atoms with Crippen molar-refractivity contribution in [3.63, 3.8) is 0 Å². The summed E-state index contributed by atoms with van der Waals surface area (Å²) in [6, 6.07) is 0. The first-order chi connectivity index (χ1) is 8.99. The van der Waals surface area contributed by atoms with E-state index in [9.17, 15) is 9.59 Å². The van der Waals surface area contributed by atoms with Crippen molar-refractivity contribution >= 4 is 11.9 Å². The summed E-state index contributed by atoms with van der Waals surface area (Å²) in [5.41, 5.74) is 1.77. The molecule has 106 valence electrons. The summed E-state index contributed by atoms with van der Waals surface area (Å²) in [4.78, 5) is 24.7. The summed E-state index contributed by atoms with van der Waals surface area (Å²) in [7, 11) is 1.31. The molecule has 1 aromatic heterocycles. The Morgan fingerprint density at radius 3 is 2.53 bits per heavy atom. The van der Waals surface area contributed by atoms with Crippen molar-refractivity contribution < 1.29 is 18.8 Å². The fourth-order valence-corrected chi connectivity index (χ4v) is 1.85. The second-order valence-corrected chi connectivity index (χ2v) is 4.29. The Kier molecular flexibility index (Phi) is 5.54. The van der Waals surface area contributed by atoms with Gasteiger partial charge in [-0.2, -0.15) is 0 Å². The lowest BCUT2D eigenvalue weighted by atomic mass is 10.1. The van der Waals surface area contributed by atoms with Crippen LogP contribution in [-0.2, 0) is 20.7 Å². The molecule has 0 saturated carbocycles. The van der Waals surface area contributed by atoms with Crippen molar-refractivity contribution in [1.29, 1.82) is 0 Å². The minimum Gasteiger partial charge on any atom is -0.468 e. The van der Waals surface area contributed by atoms with Crippen LogP contribution >= 0.6 is 0 Å². The molecule has 0 unspecified atom stereocenters. The lowest BCUT2D eigenvalue weighted by Crippen LogP contribution is -2.36. The van der Waals surface area contributed by atoms with E-state index in [-0.39, 0.29) is 12.5 Å². The van der Waals surface area contributed by atoms with E-state index < -0.39 is 5.97 Å². The van der Waals surface area contributed by atoms with E-state index in [1.807, 2.05) is 20.8 Å². The number of aryl methyl sites for hydroxylation is 2. The molecule has 0 bridgehead atoms. The van der Waals surface area contributed by atoms with E-state index in [1.165, 1.54) is 12.0 Å². The number of carbonyl (C=O) groups is 2. The van der Waals surface area contributed by atoms with E-state index in [4.69, 9.17) is 4.52 Å². The van der Waals surface area contributed by atoms with Gasteiger partial charge in [-0.25, -0.2) is 0 Å². The molecule has 6 nitrogen and oxygen atoms in total. The Labute approximate surface area is 112 Å². The summed E-state index contributed by atoms with van der Waals surface area (Å²) in [6.45, 7) is 5.98. The predicted octanol–water partition coefficient (Wildman–Crippen LogP) is 1.25. The summed E-state index contributed by atoms with van der Waals surface area (Å²) in [5.74, 6) is 0.252. The Hall–Kier alpha value is -1.85. The first-order valence-corrected chi connectivity index (χ1v) is 6.25. The second kappa shape index (κ2) is 6.92. The summed E-state index contributed by atoms with van der Waals surface area (Å²) in [6.07, 6.45) is 0.894. The lowest BCUT2D eigenvalue weighted by molar-refractivity contribution is -0.146. The summed E-state index contributed by atoms with van der Waals surface area (Å²) < 4.78 is 9.61. The van der Waals surface area contributed by atoms with Crippen molar-refractivity contribution in [2.45, 2.75) is 33.6 Å². The van der Waals surface area contributed by atoms with E-state index in [0.717, 1.165) is 17.0 Å². The molecule has 0 atom stereocenters. The van der Waals surface area contributed by atoms with Gasteiger partial charge in [-0.3, -0.25) is 9.59 Å². The van der Waals surface area contributed by atoms with Gasteiger partial charge in [0.25, 0.3) is 0 Å².